The summed E-state index contributed by atoms with van der Waals surface area (Å²) in [6.07, 6.45) is 3.82. The first-order chi connectivity index (χ1) is 9.16. The molecule has 4 heteroatoms. The first-order valence-corrected chi connectivity index (χ1v) is 7.32. The van der Waals surface area contributed by atoms with E-state index in [1.54, 1.807) is 12.1 Å². The van der Waals surface area contributed by atoms with Gasteiger partial charge in [0.05, 0.1) is 5.41 Å². The minimum absolute atomic E-state index is 0.151. The molecule has 0 aliphatic carbocycles. The zero-order valence-electron chi connectivity index (χ0n) is 11.3. The third kappa shape index (κ3) is 3.48. The Morgan fingerprint density at radius 1 is 1.32 bits per heavy atom. The van der Waals surface area contributed by atoms with E-state index in [-0.39, 0.29) is 11.3 Å². The van der Waals surface area contributed by atoms with E-state index in [4.69, 9.17) is 11.6 Å². The molecule has 0 radical (unpaired) electrons. The lowest BCUT2D eigenvalue weighted by atomic mass is 9.74. The molecule has 0 saturated carbocycles. The first-order valence-electron chi connectivity index (χ1n) is 6.94. The van der Waals surface area contributed by atoms with E-state index in [0.29, 0.717) is 5.02 Å². The Balaban J connectivity index is 2.09. The summed E-state index contributed by atoms with van der Waals surface area (Å²) in [6, 6.07) is 7.29. The molecule has 0 aromatic heterocycles. The number of anilines is 1. The van der Waals surface area contributed by atoms with Gasteiger partial charge in [-0.15, -0.1) is 0 Å². The fraction of sp³-hybridized carbons (Fsp3) is 0.533. The normalized spacial score (nSPS) is 18.0. The summed E-state index contributed by atoms with van der Waals surface area (Å²) in [5.41, 5.74) is 0.614. The molecule has 0 spiro atoms. The molecule has 0 bridgehead atoms. The predicted octanol–water partition coefficient (Wildman–Crippen LogP) is 3.45. The molecule has 3 nitrogen and oxygen atoms in total. The summed E-state index contributed by atoms with van der Waals surface area (Å²) in [5.74, 6) is 0.151. The van der Waals surface area contributed by atoms with Crippen LogP contribution >= 0.6 is 11.6 Å². The molecular weight excluding hydrogens is 260 g/mol. The van der Waals surface area contributed by atoms with Gasteiger partial charge in [0.2, 0.25) is 5.91 Å². The number of benzene rings is 1. The maximum absolute atomic E-state index is 12.6. The third-order valence-corrected chi connectivity index (χ3v) is 4.12. The van der Waals surface area contributed by atoms with E-state index in [2.05, 4.69) is 17.6 Å². The van der Waals surface area contributed by atoms with E-state index < -0.39 is 0 Å². The summed E-state index contributed by atoms with van der Waals surface area (Å²) >= 11 is 5.85. The number of hydrogen-bond donors (Lipinski definition) is 2. The third-order valence-electron chi connectivity index (χ3n) is 3.87. The van der Waals surface area contributed by atoms with Crippen LogP contribution in [-0.4, -0.2) is 19.0 Å². The summed E-state index contributed by atoms with van der Waals surface area (Å²) in [7, 11) is 0. The van der Waals surface area contributed by atoms with Gasteiger partial charge in [0.1, 0.15) is 0 Å². The molecule has 0 unspecified atom stereocenters. The predicted molar refractivity (Wildman–Crippen MR) is 79.5 cm³/mol. The van der Waals surface area contributed by atoms with Crippen LogP contribution in [0.15, 0.2) is 24.3 Å². The van der Waals surface area contributed by atoms with E-state index >= 15 is 0 Å². The molecule has 1 fully saturated rings. The van der Waals surface area contributed by atoms with Crippen LogP contribution in [0.5, 0.6) is 0 Å². The van der Waals surface area contributed by atoms with Crippen molar-refractivity contribution in [2.75, 3.05) is 18.4 Å². The average Bonchev–Trinajstić information content (AvgIpc) is 2.43. The van der Waals surface area contributed by atoms with E-state index in [1.165, 1.54) is 0 Å². The van der Waals surface area contributed by atoms with Gasteiger partial charge in [0, 0.05) is 10.7 Å². The molecule has 1 heterocycles. The highest BCUT2D eigenvalue weighted by Gasteiger charge is 2.38. The van der Waals surface area contributed by atoms with Crippen molar-refractivity contribution in [3.8, 4) is 0 Å². The fourth-order valence-electron chi connectivity index (χ4n) is 2.77. The van der Waals surface area contributed by atoms with Crippen molar-refractivity contribution in [2.45, 2.75) is 32.6 Å². The molecular formula is C15H21ClN2O. The maximum Gasteiger partial charge on any atom is 0.230 e. The number of hydrogen-bond acceptors (Lipinski definition) is 2. The van der Waals surface area contributed by atoms with Crippen LogP contribution in [0.25, 0.3) is 0 Å². The number of halogens is 1. The fourth-order valence-corrected chi connectivity index (χ4v) is 2.90. The molecule has 2 rings (SSSR count). The van der Waals surface area contributed by atoms with Crippen molar-refractivity contribution < 1.29 is 4.79 Å². The van der Waals surface area contributed by atoms with Crippen molar-refractivity contribution in [2.24, 2.45) is 5.41 Å². The van der Waals surface area contributed by atoms with E-state index in [9.17, 15) is 4.79 Å². The zero-order chi connectivity index (χ0) is 13.7. The number of piperidine rings is 1. The lowest BCUT2D eigenvalue weighted by molar-refractivity contribution is -0.127. The summed E-state index contributed by atoms with van der Waals surface area (Å²) in [4.78, 5) is 12.6. The molecule has 104 valence electrons. The van der Waals surface area contributed by atoms with Gasteiger partial charge in [-0.25, -0.2) is 0 Å². The smallest absolute Gasteiger partial charge is 0.230 e. The van der Waals surface area contributed by atoms with Crippen molar-refractivity contribution in [3.05, 3.63) is 29.3 Å². The number of nitrogens with one attached hydrogen (secondary N) is 2. The topological polar surface area (TPSA) is 41.1 Å². The van der Waals surface area contributed by atoms with Crippen LogP contribution in [0.4, 0.5) is 5.69 Å². The standard InChI is InChI=1S/C15H21ClN2O/c1-2-7-15(8-10-17-11-9-15)14(19)18-13-5-3-12(16)4-6-13/h3-6,17H,2,7-11H2,1H3,(H,18,19). The van der Waals surface area contributed by atoms with Crippen LogP contribution in [0.2, 0.25) is 5.02 Å². The Kier molecular flexibility index (Phi) is 4.83. The highest BCUT2D eigenvalue weighted by Crippen LogP contribution is 2.35. The largest absolute Gasteiger partial charge is 0.326 e. The van der Waals surface area contributed by atoms with Gasteiger partial charge >= 0.3 is 0 Å². The SMILES string of the molecule is CCCC1(C(=O)Nc2ccc(Cl)cc2)CCNCC1. The number of rotatable bonds is 4. The molecule has 1 aliphatic rings. The van der Waals surface area contributed by atoms with Gasteiger partial charge < -0.3 is 10.6 Å². The van der Waals surface area contributed by atoms with Crippen LogP contribution in [0.1, 0.15) is 32.6 Å². The summed E-state index contributed by atoms with van der Waals surface area (Å²) in [6.45, 7) is 3.99. The molecule has 1 amide bonds. The van der Waals surface area contributed by atoms with Crippen molar-refractivity contribution in [1.29, 1.82) is 0 Å². The lowest BCUT2D eigenvalue weighted by Crippen LogP contribution is -2.44. The summed E-state index contributed by atoms with van der Waals surface area (Å²) < 4.78 is 0. The average molecular weight is 281 g/mol. The molecule has 1 aromatic rings. The van der Waals surface area contributed by atoms with E-state index in [1.807, 2.05) is 12.1 Å². The van der Waals surface area contributed by atoms with Gasteiger partial charge in [0.25, 0.3) is 0 Å². The van der Waals surface area contributed by atoms with Gasteiger partial charge in [-0.3, -0.25) is 4.79 Å². The number of amides is 1. The monoisotopic (exact) mass is 280 g/mol. The van der Waals surface area contributed by atoms with Crippen LogP contribution in [-0.2, 0) is 4.79 Å². The Morgan fingerprint density at radius 3 is 2.53 bits per heavy atom. The lowest BCUT2D eigenvalue weighted by Gasteiger charge is -2.36. The second-order valence-electron chi connectivity index (χ2n) is 5.24. The molecule has 1 aromatic carbocycles. The number of carbonyl (C=O) groups is 1. The molecule has 19 heavy (non-hydrogen) atoms. The molecule has 2 N–H and O–H groups in total. The van der Waals surface area contributed by atoms with Gasteiger partial charge in [-0.2, -0.15) is 0 Å². The second-order valence-corrected chi connectivity index (χ2v) is 5.68. The summed E-state index contributed by atoms with van der Waals surface area (Å²) in [5, 5.41) is 7.05. The molecule has 1 aliphatic heterocycles. The van der Waals surface area contributed by atoms with Gasteiger partial charge in [-0.1, -0.05) is 24.9 Å². The molecule has 1 saturated heterocycles. The second kappa shape index (κ2) is 6.40. The van der Waals surface area contributed by atoms with E-state index in [0.717, 1.165) is 44.5 Å². The Morgan fingerprint density at radius 2 is 1.95 bits per heavy atom. The minimum Gasteiger partial charge on any atom is -0.326 e. The van der Waals surface area contributed by atoms with Crippen LogP contribution < -0.4 is 10.6 Å². The zero-order valence-corrected chi connectivity index (χ0v) is 12.1. The van der Waals surface area contributed by atoms with Crippen LogP contribution in [0, 0.1) is 5.41 Å². The highest BCUT2D eigenvalue weighted by molar-refractivity contribution is 6.30. The Labute approximate surface area is 119 Å². The Bertz CT molecular complexity index is 419. The van der Waals surface area contributed by atoms with Crippen molar-refractivity contribution in [1.82, 2.24) is 5.32 Å². The quantitative estimate of drug-likeness (QED) is 0.887. The number of carbonyl (C=O) groups excluding carboxylic acids is 1. The molecule has 0 atom stereocenters. The Hall–Kier alpha value is -1.06. The van der Waals surface area contributed by atoms with Crippen LogP contribution in [0.3, 0.4) is 0 Å². The van der Waals surface area contributed by atoms with Crippen molar-refractivity contribution >= 4 is 23.2 Å². The van der Waals surface area contributed by atoms with Gasteiger partial charge in [-0.05, 0) is 56.6 Å². The van der Waals surface area contributed by atoms with Gasteiger partial charge in [0.15, 0.2) is 0 Å². The first kappa shape index (κ1) is 14.4. The highest BCUT2D eigenvalue weighted by atomic mass is 35.5. The van der Waals surface area contributed by atoms with Crippen molar-refractivity contribution in [3.63, 3.8) is 0 Å². The maximum atomic E-state index is 12.6. The minimum atomic E-state index is -0.209.